The zero-order chi connectivity index (χ0) is 51.8. The van der Waals surface area contributed by atoms with Gasteiger partial charge in [-0.3, -0.25) is 19.2 Å². The topological polar surface area (TPSA) is 207 Å². The van der Waals surface area contributed by atoms with Crippen LogP contribution in [0.2, 0.25) is 0 Å². The molecule has 0 aliphatic rings. The number of aromatic nitrogens is 2. The first kappa shape index (κ1) is 53.4. The third-order valence-electron chi connectivity index (χ3n) is 10.8. The summed E-state index contributed by atoms with van der Waals surface area (Å²) in [6.07, 6.45) is 2.32. The standard InChI is InChI=1S/C30H31N3O5.C25H23N3O3.CH2Cl2/c1-5-37-26-13-9-7-10-21(26)20-15-14-19(17-32-29(36)38-30(2,3)4)16-25(20)33-28(35)23-18-31-24-12-8-6-11-22(24)27(23)34;1-2-31-23-10-6-4-7-18(23)17-12-11-16(14-26)13-22(17)28-25(30)20-15-27-21-9-5-3-8-19(21)24(20)29;2-1-3/h6-16,18H,5,17H2,1-4H3,(H,31,34)(H,32,36)(H,33,35);3-13,15H,2,14,26H2,1H3,(H,27,29)(H,28,30);1H2. The van der Waals surface area contributed by atoms with E-state index in [2.05, 4.69) is 25.9 Å². The number of nitrogens with two attached hydrogens (primary N) is 1. The number of H-pyrrole nitrogens is 2. The number of benzene rings is 6. The Labute approximate surface area is 426 Å². The number of hydrogen-bond acceptors (Lipinski definition) is 9. The van der Waals surface area contributed by atoms with Crippen LogP contribution in [0.25, 0.3) is 44.1 Å². The Kier molecular flexibility index (Phi) is 18.8. The highest BCUT2D eigenvalue weighted by Gasteiger charge is 2.21. The molecule has 372 valence electrons. The molecule has 6 aromatic carbocycles. The summed E-state index contributed by atoms with van der Waals surface area (Å²) in [4.78, 5) is 70.6. The highest BCUT2D eigenvalue weighted by molar-refractivity contribution is 6.40. The molecule has 8 rings (SSSR count). The number of carbonyl (C=O) groups excluding carboxylic acids is 3. The zero-order valence-electron chi connectivity index (χ0n) is 40.5. The van der Waals surface area contributed by atoms with E-state index in [4.69, 9.17) is 43.1 Å². The Hall–Kier alpha value is -7.91. The molecule has 16 heteroatoms. The highest BCUT2D eigenvalue weighted by atomic mass is 35.5. The molecule has 0 aliphatic heterocycles. The monoisotopic (exact) mass is 1010 g/mol. The summed E-state index contributed by atoms with van der Waals surface area (Å²) in [6.45, 7) is 10.7. The van der Waals surface area contributed by atoms with Gasteiger partial charge in [0.2, 0.25) is 10.9 Å². The summed E-state index contributed by atoms with van der Waals surface area (Å²) >= 11 is 9.53. The van der Waals surface area contributed by atoms with Crippen LogP contribution < -0.4 is 42.0 Å². The van der Waals surface area contributed by atoms with Crippen molar-refractivity contribution in [3.8, 4) is 33.8 Å². The van der Waals surface area contributed by atoms with Gasteiger partial charge in [0.25, 0.3) is 11.8 Å². The zero-order valence-corrected chi connectivity index (χ0v) is 42.0. The predicted molar refractivity (Wildman–Crippen MR) is 289 cm³/mol. The minimum atomic E-state index is -0.622. The number of alkyl carbamates (subject to hydrolysis) is 1. The van der Waals surface area contributed by atoms with E-state index in [-0.39, 0.29) is 33.9 Å². The molecule has 8 aromatic rings. The first-order chi connectivity index (χ1) is 34.7. The molecule has 0 spiro atoms. The van der Waals surface area contributed by atoms with Crippen LogP contribution in [-0.4, -0.2) is 52.0 Å². The van der Waals surface area contributed by atoms with E-state index >= 15 is 0 Å². The highest BCUT2D eigenvalue weighted by Crippen LogP contribution is 2.37. The molecular formula is C56H56Cl2N6O8. The molecule has 0 saturated carbocycles. The summed E-state index contributed by atoms with van der Waals surface area (Å²) in [5, 5.41) is 9.64. The van der Waals surface area contributed by atoms with Gasteiger partial charge in [-0.25, -0.2) is 4.79 Å². The second kappa shape index (κ2) is 25.3. The molecule has 14 nitrogen and oxygen atoms in total. The lowest BCUT2D eigenvalue weighted by Gasteiger charge is -2.20. The fraction of sp³-hybridized carbons (Fsp3) is 0.196. The number of aromatic amines is 2. The maximum atomic E-state index is 13.4. The van der Waals surface area contributed by atoms with Crippen molar-refractivity contribution >= 4 is 74.3 Å². The first-order valence-corrected chi connectivity index (χ1v) is 24.1. The van der Waals surface area contributed by atoms with E-state index in [9.17, 15) is 24.0 Å². The average molecular weight is 1010 g/mol. The first-order valence-electron chi connectivity index (χ1n) is 23.0. The van der Waals surface area contributed by atoms with Crippen LogP contribution in [0.3, 0.4) is 0 Å². The van der Waals surface area contributed by atoms with Crippen LogP contribution in [0.5, 0.6) is 11.5 Å². The number of ether oxygens (including phenoxy) is 3. The number of alkyl halides is 2. The van der Waals surface area contributed by atoms with Gasteiger partial charge in [0.1, 0.15) is 28.2 Å². The molecule has 0 atom stereocenters. The van der Waals surface area contributed by atoms with Crippen LogP contribution >= 0.6 is 23.2 Å². The molecule has 0 unspecified atom stereocenters. The molecule has 0 aliphatic carbocycles. The van der Waals surface area contributed by atoms with Gasteiger partial charge in [-0.15, -0.1) is 23.2 Å². The summed E-state index contributed by atoms with van der Waals surface area (Å²) in [7, 11) is 0. The second-order valence-corrected chi connectivity index (χ2v) is 17.6. The summed E-state index contributed by atoms with van der Waals surface area (Å²) < 4.78 is 16.9. The molecular weight excluding hydrogens is 956 g/mol. The number of hydrogen-bond donors (Lipinski definition) is 6. The van der Waals surface area contributed by atoms with Crippen LogP contribution in [0, 0.1) is 0 Å². The number of carbonyl (C=O) groups is 3. The molecule has 2 aromatic heterocycles. The number of halogens is 2. The Morgan fingerprint density at radius 3 is 1.44 bits per heavy atom. The predicted octanol–water partition coefficient (Wildman–Crippen LogP) is 11.6. The lowest BCUT2D eigenvalue weighted by molar-refractivity contribution is 0.0523. The Bertz CT molecular complexity index is 3310. The molecule has 0 fully saturated rings. The van der Waals surface area contributed by atoms with Gasteiger partial charge < -0.3 is 45.9 Å². The molecule has 0 radical (unpaired) electrons. The van der Waals surface area contributed by atoms with Crippen molar-refractivity contribution < 1.29 is 28.6 Å². The van der Waals surface area contributed by atoms with Crippen LogP contribution in [0.4, 0.5) is 16.2 Å². The van der Waals surface area contributed by atoms with Gasteiger partial charge in [0.05, 0.1) is 18.6 Å². The number of fused-ring (bicyclic) bond motifs is 2. The third kappa shape index (κ3) is 13.7. The summed E-state index contributed by atoms with van der Waals surface area (Å²) in [5.74, 6) is 0.332. The number of anilines is 2. The van der Waals surface area contributed by atoms with Gasteiger partial charge in [0.15, 0.2) is 0 Å². The van der Waals surface area contributed by atoms with E-state index < -0.39 is 23.5 Å². The molecule has 7 N–H and O–H groups in total. The molecule has 0 saturated heterocycles. The van der Waals surface area contributed by atoms with Gasteiger partial charge in [-0.05, 0) is 94.3 Å². The number of nitrogens with one attached hydrogen (secondary N) is 5. The Morgan fingerprint density at radius 2 is 1.00 bits per heavy atom. The maximum absolute atomic E-state index is 13.4. The van der Waals surface area contributed by atoms with Crippen LogP contribution in [0.15, 0.2) is 155 Å². The number of pyridine rings is 2. The van der Waals surface area contributed by atoms with Crippen molar-refractivity contribution in [2.24, 2.45) is 5.73 Å². The fourth-order valence-electron chi connectivity index (χ4n) is 7.58. The second-order valence-electron chi connectivity index (χ2n) is 16.8. The van der Waals surface area contributed by atoms with Crippen molar-refractivity contribution in [1.82, 2.24) is 15.3 Å². The average Bonchev–Trinajstić information content (AvgIpc) is 3.37. The van der Waals surface area contributed by atoms with Gasteiger partial charge in [-0.1, -0.05) is 84.9 Å². The van der Waals surface area contributed by atoms with Crippen molar-refractivity contribution in [1.29, 1.82) is 0 Å². The lowest BCUT2D eigenvalue weighted by Crippen LogP contribution is -2.32. The normalized spacial score (nSPS) is 10.8. The number of para-hydroxylation sites is 4. The summed E-state index contributed by atoms with van der Waals surface area (Å²) in [6, 6.07) is 40.4. The lowest BCUT2D eigenvalue weighted by atomic mass is 10.00. The third-order valence-corrected chi connectivity index (χ3v) is 10.8. The van der Waals surface area contributed by atoms with Gasteiger partial charge in [-0.2, -0.15) is 0 Å². The minimum Gasteiger partial charge on any atom is -0.493 e. The van der Waals surface area contributed by atoms with Crippen LogP contribution in [-0.2, 0) is 17.8 Å². The van der Waals surface area contributed by atoms with Gasteiger partial charge in [0, 0.05) is 80.9 Å². The Balaban J connectivity index is 0.000000227. The quantitative estimate of drug-likeness (QED) is 0.0607. The van der Waals surface area contributed by atoms with Crippen LogP contribution in [0.1, 0.15) is 66.5 Å². The Morgan fingerprint density at radius 1 is 0.583 bits per heavy atom. The van der Waals surface area contributed by atoms with E-state index in [1.165, 1.54) is 12.4 Å². The number of amides is 3. The van der Waals surface area contributed by atoms with Gasteiger partial charge >= 0.3 is 6.09 Å². The van der Waals surface area contributed by atoms with Crippen molar-refractivity contribution in [3.63, 3.8) is 0 Å². The minimum absolute atomic E-state index is 0.00923. The fourth-order valence-corrected chi connectivity index (χ4v) is 7.58. The number of rotatable bonds is 13. The smallest absolute Gasteiger partial charge is 0.407 e. The molecule has 3 amide bonds. The van der Waals surface area contributed by atoms with Crippen molar-refractivity contribution in [2.45, 2.75) is 53.3 Å². The maximum Gasteiger partial charge on any atom is 0.407 e. The van der Waals surface area contributed by atoms with Crippen molar-refractivity contribution in [2.75, 3.05) is 29.2 Å². The molecule has 2 heterocycles. The van der Waals surface area contributed by atoms with Crippen molar-refractivity contribution in [3.05, 3.63) is 189 Å². The molecule has 0 bridgehead atoms. The van der Waals surface area contributed by atoms with E-state index in [1.807, 2.05) is 105 Å². The SMILES string of the molecule is CCOc1ccccc1-c1ccc(CN)cc1NC(=O)c1c[nH]c2ccccc2c1=O.CCOc1ccccc1-c1ccc(CNC(=O)OC(C)(C)C)cc1NC(=O)c1c[nH]c2ccccc2c1=O.ClCCl. The van der Waals surface area contributed by atoms with E-state index in [0.29, 0.717) is 70.0 Å². The summed E-state index contributed by atoms with van der Waals surface area (Å²) in [5.41, 5.74) is 11.6. The van der Waals surface area contributed by atoms with E-state index in [1.54, 1.807) is 63.2 Å². The molecule has 72 heavy (non-hydrogen) atoms. The largest absolute Gasteiger partial charge is 0.493 e. The van der Waals surface area contributed by atoms with E-state index in [0.717, 1.165) is 27.8 Å².